The molecule has 1 heterocycles. The summed E-state index contributed by atoms with van der Waals surface area (Å²) in [4.78, 5) is 17.9. The van der Waals surface area contributed by atoms with E-state index >= 15 is 0 Å². The Bertz CT molecular complexity index is 1190. The minimum Gasteiger partial charge on any atom is -0.320 e. The molecule has 0 saturated carbocycles. The Morgan fingerprint density at radius 1 is 0.941 bits per heavy atom. The number of nitriles is 1. The monoisotopic (exact) mass is 455 g/mol. The van der Waals surface area contributed by atoms with Crippen molar-refractivity contribution in [3.05, 3.63) is 82.1 Å². The molecule has 0 aliphatic carbocycles. The molecule has 0 aliphatic heterocycles. The molecule has 0 spiro atoms. The van der Waals surface area contributed by atoms with Gasteiger partial charge in [0.2, 0.25) is 0 Å². The Morgan fingerprint density at radius 2 is 1.59 bits per heavy atom. The number of rotatable bonds is 8. The molecule has 0 aliphatic rings. The number of nitrogens with one attached hydrogen (secondary N) is 1. The summed E-state index contributed by atoms with van der Waals surface area (Å²) in [6.45, 7) is 16.8. The van der Waals surface area contributed by atoms with Gasteiger partial charge in [-0.05, 0) is 46.6 Å². The van der Waals surface area contributed by atoms with E-state index in [2.05, 4.69) is 75.7 Å². The molecule has 3 rings (SSSR count). The van der Waals surface area contributed by atoms with E-state index in [0.717, 1.165) is 42.0 Å². The number of nitrogens with zero attached hydrogens (tertiary/aromatic N) is 2. The third-order valence-electron chi connectivity index (χ3n) is 6.00. The van der Waals surface area contributed by atoms with Crippen LogP contribution in [-0.4, -0.2) is 23.0 Å². The van der Waals surface area contributed by atoms with E-state index in [1.807, 2.05) is 36.4 Å². The lowest BCUT2D eigenvalue weighted by Crippen LogP contribution is -2.36. The largest absolute Gasteiger partial charge is 0.320 e. The molecular formula is C30H37N3O. The average molecular weight is 456 g/mol. The molecule has 34 heavy (non-hydrogen) atoms. The highest BCUT2D eigenvalue weighted by Crippen LogP contribution is 2.34. The number of aromatic nitrogens is 1. The number of H-pyrrole nitrogens is 1. The smallest absolute Gasteiger partial charge is 0.266 e. The van der Waals surface area contributed by atoms with Gasteiger partial charge in [-0.25, -0.2) is 0 Å². The van der Waals surface area contributed by atoms with E-state index in [0.29, 0.717) is 5.41 Å². The van der Waals surface area contributed by atoms with Crippen LogP contribution in [0.1, 0.15) is 59.1 Å². The van der Waals surface area contributed by atoms with Crippen LogP contribution in [0.3, 0.4) is 0 Å². The minimum absolute atomic E-state index is 0.121. The molecule has 0 atom stereocenters. The molecule has 3 aromatic rings. The van der Waals surface area contributed by atoms with Crippen molar-refractivity contribution in [2.75, 3.05) is 13.1 Å². The number of hydrogen-bond acceptors (Lipinski definition) is 3. The van der Waals surface area contributed by atoms with Crippen LogP contribution in [0, 0.1) is 22.2 Å². The van der Waals surface area contributed by atoms with Crippen molar-refractivity contribution in [3.63, 3.8) is 0 Å². The molecule has 0 bridgehead atoms. The summed E-state index contributed by atoms with van der Waals surface area (Å²) in [6, 6.07) is 22.0. The normalized spacial score (nSPS) is 12.1. The maximum atomic E-state index is 12.4. The summed E-state index contributed by atoms with van der Waals surface area (Å²) in [5.74, 6) is 0. The first-order valence-electron chi connectivity index (χ1n) is 12.1. The first kappa shape index (κ1) is 25.5. The molecule has 178 valence electrons. The summed E-state index contributed by atoms with van der Waals surface area (Å²) in [5, 5.41) is 9.36. The topological polar surface area (TPSA) is 59.9 Å². The quantitative estimate of drug-likeness (QED) is 0.403. The maximum absolute atomic E-state index is 12.4. The zero-order valence-corrected chi connectivity index (χ0v) is 21.4. The Kier molecular flexibility index (Phi) is 7.79. The van der Waals surface area contributed by atoms with E-state index in [9.17, 15) is 10.1 Å². The SMILES string of the molecule is CCN(Cc1ccc(-c2[nH]c(=O)c(C#N)cc2-c2ccccc2)cc1)CC(C)(C)CC(C)(C)C. The standard InChI is InChI=1S/C30H37N3O/c1-7-33(21-30(5,6)20-29(2,3)4)19-22-13-15-24(16-14-22)27-26(23-11-9-8-10-12-23)17-25(18-31)28(34)32-27/h8-17H,7,19-21H2,1-6H3,(H,32,34). The molecule has 4 heteroatoms. The van der Waals surface area contributed by atoms with Crippen LogP contribution in [0.2, 0.25) is 0 Å². The summed E-state index contributed by atoms with van der Waals surface area (Å²) < 4.78 is 0. The van der Waals surface area contributed by atoms with Gasteiger partial charge in [-0.15, -0.1) is 0 Å². The number of hydrogen-bond donors (Lipinski definition) is 1. The van der Waals surface area contributed by atoms with Crippen LogP contribution < -0.4 is 5.56 Å². The van der Waals surface area contributed by atoms with Crippen molar-refractivity contribution < 1.29 is 0 Å². The van der Waals surface area contributed by atoms with E-state index in [-0.39, 0.29) is 16.5 Å². The van der Waals surface area contributed by atoms with Crippen LogP contribution in [0.15, 0.2) is 65.5 Å². The van der Waals surface area contributed by atoms with Crippen molar-refractivity contribution in [2.45, 2.75) is 54.5 Å². The first-order valence-corrected chi connectivity index (χ1v) is 12.1. The first-order chi connectivity index (χ1) is 16.0. The highest BCUT2D eigenvalue weighted by molar-refractivity contribution is 5.81. The van der Waals surface area contributed by atoms with Crippen LogP contribution in [0.5, 0.6) is 0 Å². The van der Waals surface area contributed by atoms with Gasteiger partial charge in [-0.3, -0.25) is 9.69 Å². The molecule has 1 aromatic heterocycles. The fourth-order valence-corrected chi connectivity index (χ4v) is 5.10. The highest BCUT2D eigenvalue weighted by atomic mass is 16.1. The Labute approximate surface area is 204 Å². The lowest BCUT2D eigenvalue weighted by molar-refractivity contribution is 0.128. The zero-order valence-electron chi connectivity index (χ0n) is 21.4. The summed E-state index contributed by atoms with van der Waals surface area (Å²) in [7, 11) is 0. The van der Waals surface area contributed by atoms with Gasteiger partial charge in [0.15, 0.2) is 0 Å². The van der Waals surface area contributed by atoms with E-state index < -0.39 is 0 Å². The average Bonchev–Trinajstić information content (AvgIpc) is 2.77. The molecule has 0 saturated heterocycles. The van der Waals surface area contributed by atoms with Crippen LogP contribution in [-0.2, 0) is 6.54 Å². The Morgan fingerprint density at radius 3 is 2.15 bits per heavy atom. The molecule has 1 N–H and O–H groups in total. The Balaban J connectivity index is 1.86. The maximum Gasteiger partial charge on any atom is 0.266 e. The van der Waals surface area contributed by atoms with Gasteiger partial charge >= 0.3 is 0 Å². The molecule has 0 radical (unpaired) electrons. The number of benzene rings is 2. The van der Waals surface area contributed by atoms with E-state index in [1.54, 1.807) is 6.07 Å². The second-order valence-electron chi connectivity index (χ2n) is 11.2. The molecule has 4 nitrogen and oxygen atoms in total. The highest BCUT2D eigenvalue weighted by Gasteiger charge is 2.27. The van der Waals surface area contributed by atoms with E-state index in [4.69, 9.17) is 0 Å². The third-order valence-corrected chi connectivity index (χ3v) is 6.00. The Hall–Kier alpha value is -3.16. The lowest BCUT2D eigenvalue weighted by atomic mass is 9.76. The van der Waals surface area contributed by atoms with Crippen molar-refractivity contribution in [1.82, 2.24) is 9.88 Å². The van der Waals surface area contributed by atoms with Gasteiger partial charge < -0.3 is 4.98 Å². The van der Waals surface area contributed by atoms with Crippen molar-refractivity contribution in [1.29, 1.82) is 5.26 Å². The van der Waals surface area contributed by atoms with Gasteiger partial charge in [0.1, 0.15) is 11.6 Å². The van der Waals surface area contributed by atoms with Gasteiger partial charge in [0.25, 0.3) is 5.56 Å². The van der Waals surface area contributed by atoms with Crippen LogP contribution >= 0.6 is 0 Å². The van der Waals surface area contributed by atoms with Gasteiger partial charge in [0.05, 0.1) is 5.69 Å². The second-order valence-corrected chi connectivity index (χ2v) is 11.2. The number of pyridine rings is 1. The predicted octanol–water partition coefficient (Wildman–Crippen LogP) is 6.86. The summed E-state index contributed by atoms with van der Waals surface area (Å²) in [6.07, 6.45) is 1.17. The molecule has 0 fully saturated rings. The van der Waals surface area contributed by atoms with Gasteiger partial charge in [-0.2, -0.15) is 5.26 Å². The van der Waals surface area contributed by atoms with Gasteiger partial charge in [-0.1, -0.05) is 96.1 Å². The third kappa shape index (κ3) is 6.68. The zero-order chi connectivity index (χ0) is 24.9. The fraction of sp³-hybridized carbons (Fsp3) is 0.400. The molecule has 2 aromatic carbocycles. The minimum atomic E-state index is -0.362. The van der Waals surface area contributed by atoms with E-state index in [1.165, 1.54) is 12.0 Å². The molecular weight excluding hydrogens is 418 g/mol. The lowest BCUT2D eigenvalue weighted by Gasteiger charge is -2.36. The van der Waals surface area contributed by atoms with Crippen LogP contribution in [0.25, 0.3) is 22.4 Å². The predicted molar refractivity (Wildman–Crippen MR) is 141 cm³/mol. The molecule has 0 amide bonds. The van der Waals surface area contributed by atoms with Crippen molar-refractivity contribution in [3.8, 4) is 28.5 Å². The van der Waals surface area contributed by atoms with Crippen molar-refractivity contribution in [2.24, 2.45) is 10.8 Å². The fourth-order valence-electron chi connectivity index (χ4n) is 5.10. The van der Waals surface area contributed by atoms with Gasteiger partial charge in [0, 0.05) is 18.7 Å². The summed E-state index contributed by atoms with van der Waals surface area (Å²) in [5.41, 5.74) is 5.03. The molecule has 0 unspecified atom stereocenters. The number of aromatic amines is 1. The van der Waals surface area contributed by atoms with Crippen LogP contribution in [0.4, 0.5) is 0 Å². The van der Waals surface area contributed by atoms with Crippen molar-refractivity contribution >= 4 is 0 Å². The summed E-state index contributed by atoms with van der Waals surface area (Å²) >= 11 is 0. The second kappa shape index (κ2) is 10.4.